The molecular formula is C24H28N2O6. The number of nitrogens with one attached hydrogen (secondary N) is 2. The lowest BCUT2D eigenvalue weighted by atomic mass is 10.2. The first kappa shape index (κ1) is 24.6. The van der Waals surface area contributed by atoms with Gasteiger partial charge >= 0.3 is 11.9 Å². The van der Waals surface area contributed by atoms with Gasteiger partial charge in [0.05, 0.1) is 12.2 Å². The molecule has 0 fully saturated rings. The quantitative estimate of drug-likeness (QED) is 0.514. The van der Waals surface area contributed by atoms with Crippen LogP contribution in [0.15, 0.2) is 48.5 Å². The molecule has 0 aliphatic rings. The SMILES string of the molecule is CCCOC(=O)c1ccc(NC(=O)CCCC(=O)OCC(=O)Nc2ccc(C)cc2)cc1. The molecule has 0 unspecified atom stereocenters. The largest absolute Gasteiger partial charge is 0.462 e. The first-order chi connectivity index (χ1) is 15.4. The molecule has 0 aliphatic carbocycles. The molecule has 8 nitrogen and oxygen atoms in total. The third-order valence-electron chi connectivity index (χ3n) is 4.33. The van der Waals surface area contributed by atoms with Crippen LogP contribution in [0.3, 0.4) is 0 Å². The number of hydrogen-bond acceptors (Lipinski definition) is 6. The highest BCUT2D eigenvalue weighted by Crippen LogP contribution is 2.12. The van der Waals surface area contributed by atoms with Crippen molar-refractivity contribution < 1.29 is 28.7 Å². The van der Waals surface area contributed by atoms with Crippen molar-refractivity contribution in [1.82, 2.24) is 0 Å². The Morgan fingerprint density at radius 1 is 0.781 bits per heavy atom. The summed E-state index contributed by atoms with van der Waals surface area (Å²) in [4.78, 5) is 47.4. The molecule has 2 N–H and O–H groups in total. The number of benzene rings is 2. The zero-order valence-electron chi connectivity index (χ0n) is 18.3. The fourth-order valence-electron chi connectivity index (χ4n) is 2.64. The standard InChI is InChI=1S/C24H28N2O6/c1-3-15-31-24(30)18-9-13-20(14-10-18)25-21(27)5-4-6-23(29)32-16-22(28)26-19-11-7-17(2)8-12-19/h7-14H,3-6,15-16H2,1-2H3,(H,25,27)(H,26,28). The average Bonchev–Trinajstić information content (AvgIpc) is 2.78. The molecule has 2 aromatic carbocycles. The maximum Gasteiger partial charge on any atom is 0.338 e. The Bertz CT molecular complexity index is 923. The Kier molecular flexibility index (Phi) is 9.90. The number of amides is 2. The van der Waals surface area contributed by atoms with Crippen molar-refractivity contribution in [2.75, 3.05) is 23.8 Å². The molecule has 8 heteroatoms. The van der Waals surface area contributed by atoms with Gasteiger partial charge in [-0.3, -0.25) is 14.4 Å². The van der Waals surface area contributed by atoms with Crippen molar-refractivity contribution in [3.8, 4) is 0 Å². The minimum atomic E-state index is -0.549. The Labute approximate surface area is 187 Å². The highest BCUT2D eigenvalue weighted by Gasteiger charge is 2.11. The van der Waals surface area contributed by atoms with Crippen LogP contribution in [-0.2, 0) is 23.9 Å². The molecule has 32 heavy (non-hydrogen) atoms. The summed E-state index contributed by atoms with van der Waals surface area (Å²) in [5, 5.41) is 5.34. The molecular weight excluding hydrogens is 412 g/mol. The lowest BCUT2D eigenvalue weighted by Crippen LogP contribution is -2.21. The van der Waals surface area contributed by atoms with E-state index in [4.69, 9.17) is 9.47 Å². The van der Waals surface area contributed by atoms with E-state index in [1.165, 1.54) is 0 Å². The highest BCUT2D eigenvalue weighted by molar-refractivity contribution is 5.94. The van der Waals surface area contributed by atoms with Crippen LogP contribution in [0.1, 0.15) is 48.5 Å². The Hall–Kier alpha value is -3.68. The molecule has 2 rings (SSSR count). The van der Waals surface area contributed by atoms with Crippen LogP contribution in [0, 0.1) is 6.92 Å². The van der Waals surface area contributed by atoms with Crippen LogP contribution in [0.5, 0.6) is 0 Å². The summed E-state index contributed by atoms with van der Waals surface area (Å²) in [5.74, 6) is -1.65. The highest BCUT2D eigenvalue weighted by atomic mass is 16.5. The van der Waals surface area contributed by atoms with Crippen molar-refractivity contribution >= 4 is 35.1 Å². The number of anilines is 2. The molecule has 0 saturated heterocycles. The van der Waals surface area contributed by atoms with E-state index in [1.807, 2.05) is 26.0 Å². The fourth-order valence-corrected chi connectivity index (χ4v) is 2.64. The van der Waals surface area contributed by atoms with Crippen LogP contribution in [-0.4, -0.2) is 37.0 Å². The van der Waals surface area contributed by atoms with Gasteiger partial charge in [-0.25, -0.2) is 4.79 Å². The predicted molar refractivity (Wildman–Crippen MR) is 120 cm³/mol. The zero-order chi connectivity index (χ0) is 23.3. The second-order valence-electron chi connectivity index (χ2n) is 7.19. The minimum Gasteiger partial charge on any atom is -0.462 e. The normalized spacial score (nSPS) is 10.2. The minimum absolute atomic E-state index is 0.0213. The second kappa shape index (κ2) is 12.9. The molecule has 0 heterocycles. The molecule has 0 spiro atoms. The van der Waals surface area contributed by atoms with Crippen molar-refractivity contribution in [2.45, 2.75) is 39.5 Å². The van der Waals surface area contributed by atoms with E-state index in [2.05, 4.69) is 10.6 Å². The van der Waals surface area contributed by atoms with Gasteiger partial charge in [-0.15, -0.1) is 0 Å². The number of esters is 2. The van der Waals surface area contributed by atoms with Crippen molar-refractivity contribution in [1.29, 1.82) is 0 Å². The third kappa shape index (κ3) is 8.99. The zero-order valence-corrected chi connectivity index (χ0v) is 18.3. The number of hydrogen-bond donors (Lipinski definition) is 2. The molecule has 2 aromatic rings. The van der Waals surface area contributed by atoms with Crippen molar-refractivity contribution in [3.63, 3.8) is 0 Å². The van der Waals surface area contributed by atoms with Gasteiger partial charge in [-0.1, -0.05) is 24.6 Å². The van der Waals surface area contributed by atoms with Crippen LogP contribution < -0.4 is 10.6 Å². The molecule has 0 atom stereocenters. The lowest BCUT2D eigenvalue weighted by molar-refractivity contribution is -0.147. The van der Waals surface area contributed by atoms with Crippen LogP contribution >= 0.6 is 0 Å². The van der Waals surface area contributed by atoms with E-state index in [-0.39, 0.29) is 31.8 Å². The van der Waals surface area contributed by atoms with Gasteiger partial charge in [-0.05, 0) is 56.2 Å². The molecule has 170 valence electrons. The number of ether oxygens (including phenoxy) is 2. The van der Waals surface area contributed by atoms with E-state index < -0.39 is 17.8 Å². The summed E-state index contributed by atoms with van der Waals surface area (Å²) in [6.07, 6.45) is 1.16. The first-order valence-electron chi connectivity index (χ1n) is 10.5. The van der Waals surface area contributed by atoms with E-state index >= 15 is 0 Å². The second-order valence-corrected chi connectivity index (χ2v) is 7.19. The number of rotatable bonds is 11. The number of carbonyl (C=O) groups is 4. The Morgan fingerprint density at radius 2 is 1.38 bits per heavy atom. The topological polar surface area (TPSA) is 111 Å². The summed E-state index contributed by atoms with van der Waals surface area (Å²) in [6, 6.07) is 13.6. The molecule has 0 aliphatic heterocycles. The fraction of sp³-hybridized carbons (Fsp3) is 0.333. The average molecular weight is 440 g/mol. The summed E-state index contributed by atoms with van der Waals surface area (Å²) in [5.41, 5.74) is 2.64. The molecule has 0 radical (unpaired) electrons. The maximum atomic E-state index is 12.0. The lowest BCUT2D eigenvalue weighted by Gasteiger charge is -2.08. The smallest absolute Gasteiger partial charge is 0.338 e. The molecule has 0 aromatic heterocycles. The van der Waals surface area contributed by atoms with Gasteiger partial charge in [-0.2, -0.15) is 0 Å². The van der Waals surface area contributed by atoms with Gasteiger partial charge in [0.1, 0.15) is 0 Å². The van der Waals surface area contributed by atoms with Gasteiger partial charge in [0.2, 0.25) is 5.91 Å². The number of aryl methyl sites for hydroxylation is 1. The Morgan fingerprint density at radius 3 is 2.00 bits per heavy atom. The van der Waals surface area contributed by atoms with E-state index in [1.54, 1.807) is 36.4 Å². The summed E-state index contributed by atoms with van der Waals surface area (Å²) in [6.45, 7) is 3.83. The van der Waals surface area contributed by atoms with Crippen molar-refractivity contribution in [2.24, 2.45) is 0 Å². The summed E-state index contributed by atoms with van der Waals surface area (Å²) in [7, 11) is 0. The van der Waals surface area contributed by atoms with Crippen LogP contribution in [0.2, 0.25) is 0 Å². The summed E-state index contributed by atoms with van der Waals surface area (Å²) >= 11 is 0. The van der Waals surface area contributed by atoms with Gasteiger partial charge in [0.15, 0.2) is 6.61 Å². The molecule has 0 bridgehead atoms. The first-order valence-corrected chi connectivity index (χ1v) is 10.5. The predicted octanol–water partition coefficient (Wildman–Crippen LogP) is 3.85. The van der Waals surface area contributed by atoms with Crippen LogP contribution in [0.25, 0.3) is 0 Å². The van der Waals surface area contributed by atoms with Gasteiger partial charge in [0, 0.05) is 24.2 Å². The third-order valence-corrected chi connectivity index (χ3v) is 4.33. The number of carbonyl (C=O) groups excluding carboxylic acids is 4. The van der Waals surface area contributed by atoms with E-state index in [0.717, 1.165) is 12.0 Å². The maximum absolute atomic E-state index is 12.0. The summed E-state index contributed by atoms with van der Waals surface area (Å²) < 4.78 is 9.98. The molecule has 2 amide bonds. The van der Waals surface area contributed by atoms with Gasteiger partial charge < -0.3 is 20.1 Å². The van der Waals surface area contributed by atoms with Crippen molar-refractivity contribution in [3.05, 3.63) is 59.7 Å². The Balaban J connectivity index is 1.63. The van der Waals surface area contributed by atoms with Crippen LogP contribution in [0.4, 0.5) is 11.4 Å². The monoisotopic (exact) mass is 440 g/mol. The van der Waals surface area contributed by atoms with Gasteiger partial charge in [0.25, 0.3) is 5.91 Å². The van der Waals surface area contributed by atoms with E-state index in [9.17, 15) is 19.2 Å². The molecule has 0 saturated carbocycles. The van der Waals surface area contributed by atoms with E-state index in [0.29, 0.717) is 23.5 Å².